The molecule has 1 fully saturated rings. The van der Waals surface area contributed by atoms with Crippen LogP contribution in [0.25, 0.3) is 0 Å². The number of likely N-dealkylation sites (tertiary alicyclic amines) is 1. The number of amides is 1. The molecule has 3 N–H and O–H groups in total. The van der Waals surface area contributed by atoms with E-state index in [1.807, 2.05) is 6.92 Å². The number of hydrogen-bond donors (Lipinski definition) is 2. The molecule has 0 aromatic carbocycles. The summed E-state index contributed by atoms with van der Waals surface area (Å²) in [5.74, 6) is -1.48. The fourth-order valence-electron chi connectivity index (χ4n) is 1.68. The molecule has 5 nitrogen and oxygen atoms in total. The van der Waals surface area contributed by atoms with Gasteiger partial charge in [0.1, 0.15) is 0 Å². The standard InChI is InChI=1S/C10H18N2O3/c1-2-8(11)3-4-12-6-7(10(14)15)5-9(12)13/h7-8H,2-6,11H2,1H3,(H,14,15). The van der Waals surface area contributed by atoms with E-state index in [4.69, 9.17) is 10.8 Å². The molecule has 0 spiro atoms. The Labute approximate surface area is 89.2 Å². The maximum absolute atomic E-state index is 11.4. The first kappa shape index (κ1) is 12.0. The highest BCUT2D eigenvalue weighted by atomic mass is 16.4. The van der Waals surface area contributed by atoms with E-state index in [0.717, 1.165) is 12.8 Å². The van der Waals surface area contributed by atoms with Gasteiger partial charge in [0.05, 0.1) is 5.92 Å². The molecule has 0 radical (unpaired) electrons. The SMILES string of the molecule is CCC(N)CCN1CC(C(=O)O)CC1=O. The predicted molar refractivity (Wildman–Crippen MR) is 55.2 cm³/mol. The van der Waals surface area contributed by atoms with Crippen molar-refractivity contribution in [1.29, 1.82) is 0 Å². The molecule has 1 heterocycles. The molecule has 15 heavy (non-hydrogen) atoms. The minimum atomic E-state index is -0.884. The van der Waals surface area contributed by atoms with E-state index >= 15 is 0 Å². The molecule has 1 amide bonds. The first-order valence-corrected chi connectivity index (χ1v) is 5.30. The van der Waals surface area contributed by atoms with Crippen molar-refractivity contribution >= 4 is 11.9 Å². The summed E-state index contributed by atoms with van der Waals surface area (Å²) in [7, 11) is 0. The van der Waals surface area contributed by atoms with Crippen LogP contribution in [-0.4, -0.2) is 41.0 Å². The second-order valence-corrected chi connectivity index (χ2v) is 4.04. The Bertz CT molecular complexity index is 255. The fourth-order valence-corrected chi connectivity index (χ4v) is 1.68. The third kappa shape index (κ3) is 3.20. The van der Waals surface area contributed by atoms with Crippen LogP contribution in [0.2, 0.25) is 0 Å². The van der Waals surface area contributed by atoms with E-state index in [0.29, 0.717) is 13.1 Å². The number of nitrogens with zero attached hydrogens (tertiary/aromatic N) is 1. The second kappa shape index (κ2) is 5.11. The summed E-state index contributed by atoms with van der Waals surface area (Å²) < 4.78 is 0. The zero-order valence-electron chi connectivity index (χ0n) is 8.98. The van der Waals surface area contributed by atoms with Gasteiger partial charge in [-0.05, 0) is 12.8 Å². The summed E-state index contributed by atoms with van der Waals surface area (Å²) in [6, 6.07) is 0.0988. The van der Waals surface area contributed by atoms with Gasteiger partial charge in [-0.2, -0.15) is 0 Å². The van der Waals surface area contributed by atoms with Crippen LogP contribution >= 0.6 is 0 Å². The van der Waals surface area contributed by atoms with Crippen LogP contribution in [0.3, 0.4) is 0 Å². The molecule has 2 unspecified atom stereocenters. The average molecular weight is 214 g/mol. The monoisotopic (exact) mass is 214 g/mol. The summed E-state index contributed by atoms with van der Waals surface area (Å²) in [5, 5.41) is 8.77. The first-order chi connectivity index (χ1) is 7.04. The molecule has 0 saturated carbocycles. The zero-order valence-corrected chi connectivity index (χ0v) is 8.98. The molecular formula is C10H18N2O3. The maximum atomic E-state index is 11.4. The number of carboxylic acids is 1. The normalized spacial score (nSPS) is 23.2. The van der Waals surface area contributed by atoms with Crippen LogP contribution in [0.5, 0.6) is 0 Å². The number of hydrogen-bond acceptors (Lipinski definition) is 3. The van der Waals surface area contributed by atoms with Crippen molar-refractivity contribution in [1.82, 2.24) is 4.90 Å². The number of rotatable bonds is 5. The van der Waals surface area contributed by atoms with Crippen molar-refractivity contribution in [2.45, 2.75) is 32.2 Å². The van der Waals surface area contributed by atoms with E-state index in [1.54, 1.807) is 4.90 Å². The van der Waals surface area contributed by atoms with Crippen LogP contribution in [0, 0.1) is 5.92 Å². The van der Waals surface area contributed by atoms with Crippen LogP contribution < -0.4 is 5.73 Å². The summed E-state index contributed by atoms with van der Waals surface area (Å²) in [5.41, 5.74) is 5.74. The summed E-state index contributed by atoms with van der Waals surface area (Å²) in [6.45, 7) is 2.92. The van der Waals surface area contributed by atoms with Crippen molar-refractivity contribution in [3.63, 3.8) is 0 Å². The number of carbonyl (C=O) groups excluding carboxylic acids is 1. The highest BCUT2D eigenvalue weighted by molar-refractivity contribution is 5.86. The van der Waals surface area contributed by atoms with Crippen LogP contribution in [0.4, 0.5) is 0 Å². The smallest absolute Gasteiger partial charge is 0.308 e. The van der Waals surface area contributed by atoms with Gasteiger partial charge in [-0.15, -0.1) is 0 Å². The first-order valence-electron chi connectivity index (χ1n) is 5.30. The van der Waals surface area contributed by atoms with Crippen molar-refractivity contribution in [2.24, 2.45) is 11.7 Å². The topological polar surface area (TPSA) is 83.6 Å². The van der Waals surface area contributed by atoms with E-state index in [1.165, 1.54) is 0 Å². The highest BCUT2D eigenvalue weighted by Crippen LogP contribution is 2.18. The molecule has 0 aliphatic carbocycles. The van der Waals surface area contributed by atoms with Gasteiger partial charge in [0.2, 0.25) is 5.91 Å². The molecule has 0 bridgehead atoms. The van der Waals surface area contributed by atoms with E-state index in [-0.39, 0.29) is 18.4 Å². The number of carboxylic acid groups (broad SMARTS) is 1. The fraction of sp³-hybridized carbons (Fsp3) is 0.800. The Morgan fingerprint density at radius 1 is 1.73 bits per heavy atom. The molecule has 1 aliphatic heterocycles. The molecule has 86 valence electrons. The van der Waals surface area contributed by atoms with Crippen molar-refractivity contribution in [3.05, 3.63) is 0 Å². The van der Waals surface area contributed by atoms with Gasteiger partial charge in [-0.3, -0.25) is 9.59 Å². The minimum absolute atomic E-state index is 0.0642. The number of carbonyl (C=O) groups is 2. The molecular weight excluding hydrogens is 196 g/mol. The third-order valence-electron chi connectivity index (χ3n) is 2.86. The minimum Gasteiger partial charge on any atom is -0.481 e. The Morgan fingerprint density at radius 2 is 2.40 bits per heavy atom. The van der Waals surface area contributed by atoms with Gasteiger partial charge in [0.15, 0.2) is 0 Å². The van der Waals surface area contributed by atoms with Crippen LogP contribution in [-0.2, 0) is 9.59 Å². The van der Waals surface area contributed by atoms with Crippen LogP contribution in [0.15, 0.2) is 0 Å². The number of aliphatic carboxylic acids is 1. The Kier molecular flexibility index (Phi) is 4.08. The molecule has 2 atom stereocenters. The van der Waals surface area contributed by atoms with Crippen molar-refractivity contribution in [3.8, 4) is 0 Å². The summed E-state index contributed by atoms with van der Waals surface area (Å²) in [6.07, 6.45) is 1.76. The van der Waals surface area contributed by atoms with E-state index < -0.39 is 11.9 Å². The summed E-state index contributed by atoms with van der Waals surface area (Å²) in [4.78, 5) is 23.7. The molecule has 5 heteroatoms. The van der Waals surface area contributed by atoms with Gasteiger partial charge in [-0.25, -0.2) is 0 Å². The molecule has 0 aromatic rings. The van der Waals surface area contributed by atoms with Crippen LogP contribution in [0.1, 0.15) is 26.2 Å². The van der Waals surface area contributed by atoms with Gasteiger partial charge in [0.25, 0.3) is 0 Å². The van der Waals surface area contributed by atoms with Crippen molar-refractivity contribution in [2.75, 3.05) is 13.1 Å². The Hall–Kier alpha value is -1.10. The lowest BCUT2D eigenvalue weighted by molar-refractivity contribution is -0.141. The average Bonchev–Trinajstić information content (AvgIpc) is 2.56. The molecule has 1 rings (SSSR count). The maximum Gasteiger partial charge on any atom is 0.308 e. The lowest BCUT2D eigenvalue weighted by Crippen LogP contribution is -2.31. The molecule has 1 aliphatic rings. The van der Waals surface area contributed by atoms with Gasteiger partial charge < -0.3 is 15.7 Å². The quantitative estimate of drug-likeness (QED) is 0.677. The lowest BCUT2D eigenvalue weighted by atomic mass is 10.1. The zero-order chi connectivity index (χ0) is 11.4. The second-order valence-electron chi connectivity index (χ2n) is 4.04. The van der Waals surface area contributed by atoms with Crippen molar-refractivity contribution < 1.29 is 14.7 Å². The van der Waals surface area contributed by atoms with Gasteiger partial charge in [-0.1, -0.05) is 6.92 Å². The molecule has 0 aromatic heterocycles. The third-order valence-corrected chi connectivity index (χ3v) is 2.86. The number of nitrogens with two attached hydrogens (primary N) is 1. The van der Waals surface area contributed by atoms with E-state index in [9.17, 15) is 9.59 Å². The Morgan fingerprint density at radius 3 is 2.87 bits per heavy atom. The van der Waals surface area contributed by atoms with Gasteiger partial charge >= 0.3 is 5.97 Å². The highest BCUT2D eigenvalue weighted by Gasteiger charge is 2.33. The molecule has 1 saturated heterocycles. The lowest BCUT2D eigenvalue weighted by Gasteiger charge is -2.18. The predicted octanol–water partition coefficient (Wildman–Crippen LogP) is 0.0469. The van der Waals surface area contributed by atoms with E-state index in [2.05, 4.69) is 0 Å². The Balaban J connectivity index is 2.37. The largest absolute Gasteiger partial charge is 0.481 e. The van der Waals surface area contributed by atoms with Gasteiger partial charge in [0, 0.05) is 25.6 Å². The summed E-state index contributed by atoms with van der Waals surface area (Å²) >= 11 is 0.